The molecule has 2 aliphatic heterocycles. The van der Waals surface area contributed by atoms with E-state index in [1.54, 1.807) is 0 Å². The first kappa shape index (κ1) is 18.0. The van der Waals surface area contributed by atoms with Crippen LogP contribution < -0.4 is 11.1 Å². The maximum atomic E-state index is 11.4. The number of likely N-dealkylation sites (tertiary alicyclic amines) is 1. The second kappa shape index (κ2) is 9.02. The van der Waals surface area contributed by atoms with Gasteiger partial charge in [0, 0.05) is 26.2 Å². The molecule has 2 aliphatic rings. The minimum atomic E-state index is -0.164. The summed E-state index contributed by atoms with van der Waals surface area (Å²) in [5.41, 5.74) is 8.05. The predicted octanol–water partition coefficient (Wildman–Crippen LogP) is 2.17. The lowest BCUT2D eigenvalue weighted by atomic mass is 9.97. The van der Waals surface area contributed by atoms with Crippen LogP contribution in [0.3, 0.4) is 0 Å². The number of amides is 1. The van der Waals surface area contributed by atoms with Crippen LogP contribution in [-0.4, -0.2) is 36.5 Å². The van der Waals surface area contributed by atoms with E-state index >= 15 is 0 Å². The molecule has 1 aromatic carbocycles. The largest absolute Gasteiger partial charge is 0.497 e. The summed E-state index contributed by atoms with van der Waals surface area (Å²) in [5.74, 6) is -0.162. The molecule has 2 unspecified atom stereocenters. The molecule has 1 amide bonds. The molecule has 0 radical (unpaired) electrons. The number of hydrogen-bond acceptors (Lipinski definition) is 4. The van der Waals surface area contributed by atoms with E-state index in [2.05, 4.69) is 40.6 Å². The standard InChI is InChI=1S/C20H29N3O2/c21-20(24)18-7-4-9-23(15-18)14-17-6-3-5-16(11-17)12-22-13-19-8-1-2-10-25-19/h2-3,5-6,10-11,18-19,22H,1,4,7-9,12-15H2,(H2,21,24). The first-order valence-corrected chi connectivity index (χ1v) is 9.31. The molecule has 1 saturated heterocycles. The molecule has 5 nitrogen and oxygen atoms in total. The van der Waals surface area contributed by atoms with E-state index in [0.717, 1.165) is 58.4 Å². The number of benzene rings is 1. The Kier molecular flexibility index (Phi) is 6.48. The van der Waals surface area contributed by atoms with Gasteiger partial charge in [-0.15, -0.1) is 0 Å². The number of hydrogen-bond donors (Lipinski definition) is 2. The highest BCUT2D eigenvalue weighted by Crippen LogP contribution is 2.19. The van der Waals surface area contributed by atoms with Crippen molar-refractivity contribution in [1.29, 1.82) is 0 Å². The molecule has 1 fully saturated rings. The van der Waals surface area contributed by atoms with Crippen molar-refractivity contribution < 1.29 is 9.53 Å². The summed E-state index contributed by atoms with van der Waals surface area (Å²) in [5, 5.41) is 3.49. The van der Waals surface area contributed by atoms with Gasteiger partial charge < -0.3 is 15.8 Å². The first-order chi connectivity index (χ1) is 12.2. The van der Waals surface area contributed by atoms with Crippen molar-refractivity contribution in [2.24, 2.45) is 11.7 Å². The Morgan fingerprint density at radius 3 is 3.00 bits per heavy atom. The van der Waals surface area contributed by atoms with Crippen LogP contribution in [0.5, 0.6) is 0 Å². The van der Waals surface area contributed by atoms with Crippen molar-refractivity contribution in [3.63, 3.8) is 0 Å². The van der Waals surface area contributed by atoms with Gasteiger partial charge in [0.25, 0.3) is 0 Å². The zero-order chi connectivity index (χ0) is 17.5. The van der Waals surface area contributed by atoms with Crippen molar-refractivity contribution in [1.82, 2.24) is 10.2 Å². The third-order valence-electron chi connectivity index (χ3n) is 5.03. The normalized spacial score (nSPS) is 24.0. The van der Waals surface area contributed by atoms with E-state index < -0.39 is 0 Å². The average Bonchev–Trinajstić information content (AvgIpc) is 2.63. The third-order valence-corrected chi connectivity index (χ3v) is 5.03. The van der Waals surface area contributed by atoms with Crippen LogP contribution in [0.4, 0.5) is 0 Å². The van der Waals surface area contributed by atoms with Gasteiger partial charge >= 0.3 is 0 Å². The van der Waals surface area contributed by atoms with Crippen molar-refractivity contribution in [2.75, 3.05) is 19.6 Å². The van der Waals surface area contributed by atoms with Gasteiger partial charge in [0.1, 0.15) is 6.10 Å². The highest BCUT2D eigenvalue weighted by molar-refractivity contribution is 5.76. The number of nitrogens with one attached hydrogen (secondary N) is 1. The molecular formula is C20H29N3O2. The Hall–Kier alpha value is -1.85. The predicted molar refractivity (Wildman–Crippen MR) is 98.6 cm³/mol. The number of ether oxygens (including phenoxy) is 1. The smallest absolute Gasteiger partial charge is 0.221 e. The fourth-order valence-electron chi connectivity index (χ4n) is 3.64. The zero-order valence-electron chi connectivity index (χ0n) is 14.8. The first-order valence-electron chi connectivity index (χ1n) is 9.31. The Labute approximate surface area is 150 Å². The number of nitrogens with two attached hydrogens (primary N) is 1. The number of rotatable bonds is 7. The summed E-state index contributed by atoms with van der Waals surface area (Å²) >= 11 is 0. The second-order valence-corrected chi connectivity index (χ2v) is 7.13. The van der Waals surface area contributed by atoms with Gasteiger partial charge in [-0.05, 0) is 49.4 Å². The zero-order valence-corrected chi connectivity index (χ0v) is 14.8. The van der Waals surface area contributed by atoms with Gasteiger partial charge in [-0.3, -0.25) is 9.69 Å². The van der Waals surface area contributed by atoms with E-state index in [4.69, 9.17) is 10.5 Å². The van der Waals surface area contributed by atoms with Crippen LogP contribution in [0.1, 0.15) is 36.8 Å². The molecule has 3 N–H and O–H groups in total. The minimum Gasteiger partial charge on any atom is -0.497 e. The highest BCUT2D eigenvalue weighted by atomic mass is 16.5. The number of allylic oxidation sites excluding steroid dienone is 1. The highest BCUT2D eigenvalue weighted by Gasteiger charge is 2.23. The molecule has 2 atom stereocenters. The van der Waals surface area contributed by atoms with Crippen LogP contribution in [0.2, 0.25) is 0 Å². The average molecular weight is 343 g/mol. The summed E-state index contributed by atoms with van der Waals surface area (Å²) in [6.07, 6.45) is 8.33. The van der Waals surface area contributed by atoms with Crippen molar-refractivity contribution in [3.8, 4) is 0 Å². The van der Waals surface area contributed by atoms with Gasteiger partial charge in [0.2, 0.25) is 5.91 Å². The fourth-order valence-corrected chi connectivity index (χ4v) is 3.64. The number of carbonyl (C=O) groups is 1. The van der Waals surface area contributed by atoms with Crippen molar-refractivity contribution in [2.45, 2.75) is 44.9 Å². The third kappa shape index (κ3) is 5.58. The molecule has 2 heterocycles. The minimum absolute atomic E-state index is 0.00291. The molecule has 0 saturated carbocycles. The SMILES string of the molecule is NC(=O)C1CCCN(Cc2cccc(CNCC3CCC=CO3)c2)C1. The molecule has 0 aliphatic carbocycles. The van der Waals surface area contributed by atoms with Gasteiger partial charge in [0.05, 0.1) is 12.2 Å². The van der Waals surface area contributed by atoms with Crippen LogP contribution in [-0.2, 0) is 22.6 Å². The Balaban J connectivity index is 1.47. The number of primary amides is 1. The second-order valence-electron chi connectivity index (χ2n) is 7.13. The molecule has 0 spiro atoms. The fraction of sp³-hybridized carbons (Fsp3) is 0.550. The summed E-state index contributed by atoms with van der Waals surface area (Å²) in [6, 6.07) is 8.68. The lowest BCUT2D eigenvalue weighted by Crippen LogP contribution is -2.40. The molecule has 1 aromatic rings. The summed E-state index contributed by atoms with van der Waals surface area (Å²) in [4.78, 5) is 13.8. The van der Waals surface area contributed by atoms with Crippen molar-refractivity contribution >= 4 is 5.91 Å². The Morgan fingerprint density at radius 2 is 2.20 bits per heavy atom. The molecule has 3 rings (SSSR count). The van der Waals surface area contributed by atoms with E-state index in [9.17, 15) is 4.79 Å². The quantitative estimate of drug-likeness (QED) is 0.796. The van der Waals surface area contributed by atoms with Gasteiger partial charge in [-0.1, -0.05) is 24.3 Å². The van der Waals surface area contributed by atoms with E-state index in [-0.39, 0.29) is 17.9 Å². The van der Waals surface area contributed by atoms with Crippen LogP contribution in [0.25, 0.3) is 0 Å². The number of carbonyl (C=O) groups excluding carboxylic acids is 1. The summed E-state index contributed by atoms with van der Waals surface area (Å²) in [6.45, 7) is 4.43. The number of piperidine rings is 1. The molecular weight excluding hydrogens is 314 g/mol. The van der Waals surface area contributed by atoms with Gasteiger partial charge in [0.15, 0.2) is 0 Å². The van der Waals surface area contributed by atoms with E-state index in [0.29, 0.717) is 0 Å². The van der Waals surface area contributed by atoms with Crippen LogP contribution in [0.15, 0.2) is 36.6 Å². The molecule has 0 bridgehead atoms. The monoisotopic (exact) mass is 343 g/mol. The lowest BCUT2D eigenvalue weighted by molar-refractivity contribution is -0.123. The van der Waals surface area contributed by atoms with Crippen LogP contribution in [0, 0.1) is 5.92 Å². The molecule has 5 heteroatoms. The Morgan fingerprint density at radius 1 is 1.32 bits per heavy atom. The topological polar surface area (TPSA) is 67.6 Å². The summed E-state index contributed by atoms with van der Waals surface area (Å²) < 4.78 is 5.58. The molecule has 136 valence electrons. The number of nitrogens with zero attached hydrogens (tertiary/aromatic N) is 1. The molecule has 25 heavy (non-hydrogen) atoms. The van der Waals surface area contributed by atoms with E-state index in [1.165, 1.54) is 11.1 Å². The molecule has 0 aromatic heterocycles. The van der Waals surface area contributed by atoms with Gasteiger partial charge in [-0.25, -0.2) is 0 Å². The van der Waals surface area contributed by atoms with Gasteiger partial charge in [-0.2, -0.15) is 0 Å². The van der Waals surface area contributed by atoms with Crippen LogP contribution >= 0.6 is 0 Å². The summed E-state index contributed by atoms with van der Waals surface area (Å²) in [7, 11) is 0. The van der Waals surface area contributed by atoms with Crippen molar-refractivity contribution in [3.05, 3.63) is 47.7 Å². The Bertz CT molecular complexity index is 602. The van der Waals surface area contributed by atoms with E-state index in [1.807, 2.05) is 6.26 Å². The maximum Gasteiger partial charge on any atom is 0.221 e. The maximum absolute atomic E-state index is 11.4. The lowest BCUT2D eigenvalue weighted by Gasteiger charge is -2.31.